The number of ether oxygens (including phenoxy) is 2. The van der Waals surface area contributed by atoms with Gasteiger partial charge >= 0.3 is 0 Å². The molecule has 1 heterocycles. The second-order valence-corrected chi connectivity index (χ2v) is 5.81. The van der Waals surface area contributed by atoms with Gasteiger partial charge < -0.3 is 19.6 Å². The van der Waals surface area contributed by atoms with E-state index in [4.69, 9.17) is 9.47 Å². The van der Waals surface area contributed by atoms with E-state index in [9.17, 15) is 9.90 Å². The number of pyridine rings is 1. The number of aliphatic hydroxyl groups excluding tert-OH is 1. The predicted molar refractivity (Wildman–Crippen MR) is 97.1 cm³/mol. The number of hydrogen-bond donors (Lipinski definition) is 2. The summed E-state index contributed by atoms with van der Waals surface area (Å²) in [6.07, 6.45) is 0.152. The fourth-order valence-corrected chi connectivity index (χ4v) is 2.49. The highest BCUT2D eigenvalue weighted by molar-refractivity contribution is 5.84. The summed E-state index contributed by atoms with van der Waals surface area (Å²) in [6.45, 7) is 2.45. The van der Waals surface area contributed by atoms with Gasteiger partial charge in [-0.05, 0) is 24.6 Å². The Balaban J connectivity index is 1.78. The average Bonchev–Trinajstić information content (AvgIpc) is 2.65. The Bertz CT molecular complexity index is 903. The monoisotopic (exact) mass is 339 g/mol. The van der Waals surface area contributed by atoms with Crippen molar-refractivity contribution in [1.29, 1.82) is 0 Å². The highest BCUT2D eigenvalue weighted by Gasteiger charge is 2.09. The SMILES string of the molecule is CCC(O)COc1ccccc1COc1cccc2ccc(=O)[nH]c12. The second kappa shape index (κ2) is 7.85. The fraction of sp³-hybridized carbons (Fsp3) is 0.250. The highest BCUT2D eigenvalue weighted by Crippen LogP contribution is 2.25. The molecule has 0 saturated carbocycles. The molecule has 0 saturated heterocycles. The number of H-pyrrole nitrogens is 1. The molecular formula is C20H21NO4. The zero-order chi connectivity index (χ0) is 17.6. The van der Waals surface area contributed by atoms with Gasteiger partial charge in [-0.2, -0.15) is 0 Å². The average molecular weight is 339 g/mol. The minimum absolute atomic E-state index is 0.166. The van der Waals surface area contributed by atoms with Gasteiger partial charge in [0, 0.05) is 17.0 Å². The van der Waals surface area contributed by atoms with Gasteiger partial charge in [-0.3, -0.25) is 4.79 Å². The lowest BCUT2D eigenvalue weighted by molar-refractivity contribution is 0.103. The molecule has 1 atom stereocenters. The standard InChI is InChI=1S/C20H21NO4/c1-2-16(22)13-25-17-8-4-3-6-15(17)12-24-18-9-5-7-14-10-11-19(23)21-20(14)18/h3-11,16,22H,2,12-13H2,1H3,(H,21,23). The van der Waals surface area contributed by atoms with Crippen LogP contribution in [0.4, 0.5) is 0 Å². The summed E-state index contributed by atoms with van der Waals surface area (Å²) < 4.78 is 11.6. The summed E-state index contributed by atoms with van der Waals surface area (Å²) in [7, 11) is 0. The van der Waals surface area contributed by atoms with Gasteiger partial charge in [0.1, 0.15) is 24.7 Å². The Morgan fingerprint density at radius 2 is 1.80 bits per heavy atom. The number of aliphatic hydroxyl groups is 1. The molecule has 5 heteroatoms. The molecule has 3 aromatic rings. The van der Waals surface area contributed by atoms with Crippen LogP contribution in [-0.4, -0.2) is 22.8 Å². The fourth-order valence-electron chi connectivity index (χ4n) is 2.49. The van der Waals surface area contributed by atoms with Crippen molar-refractivity contribution in [3.8, 4) is 11.5 Å². The summed E-state index contributed by atoms with van der Waals surface area (Å²) in [5, 5.41) is 10.6. The van der Waals surface area contributed by atoms with E-state index in [2.05, 4.69) is 4.98 Å². The Morgan fingerprint density at radius 3 is 2.64 bits per heavy atom. The first-order valence-corrected chi connectivity index (χ1v) is 8.31. The highest BCUT2D eigenvalue weighted by atomic mass is 16.5. The van der Waals surface area contributed by atoms with Crippen LogP contribution in [0.5, 0.6) is 11.5 Å². The smallest absolute Gasteiger partial charge is 0.248 e. The van der Waals surface area contributed by atoms with Gasteiger partial charge in [0.05, 0.1) is 11.6 Å². The van der Waals surface area contributed by atoms with E-state index in [1.807, 2.05) is 49.4 Å². The number of nitrogens with one attached hydrogen (secondary N) is 1. The first-order chi connectivity index (χ1) is 12.2. The maximum absolute atomic E-state index is 11.6. The summed E-state index contributed by atoms with van der Waals surface area (Å²) in [5.74, 6) is 1.29. The van der Waals surface area contributed by atoms with Crippen molar-refractivity contribution in [2.75, 3.05) is 6.61 Å². The summed E-state index contributed by atoms with van der Waals surface area (Å²) >= 11 is 0. The van der Waals surface area contributed by atoms with E-state index in [1.54, 1.807) is 6.07 Å². The molecule has 130 valence electrons. The van der Waals surface area contributed by atoms with Gasteiger partial charge in [0.2, 0.25) is 5.56 Å². The number of aromatic nitrogens is 1. The van der Waals surface area contributed by atoms with Gasteiger partial charge in [0.25, 0.3) is 0 Å². The molecule has 25 heavy (non-hydrogen) atoms. The lowest BCUT2D eigenvalue weighted by Crippen LogP contribution is -2.16. The van der Waals surface area contributed by atoms with Crippen LogP contribution in [0.25, 0.3) is 10.9 Å². The van der Waals surface area contributed by atoms with Crippen molar-refractivity contribution in [2.24, 2.45) is 0 Å². The first-order valence-electron chi connectivity index (χ1n) is 8.31. The minimum atomic E-state index is -0.489. The minimum Gasteiger partial charge on any atom is -0.490 e. The van der Waals surface area contributed by atoms with Gasteiger partial charge in [-0.15, -0.1) is 0 Å². The molecule has 5 nitrogen and oxygen atoms in total. The van der Waals surface area contributed by atoms with E-state index in [-0.39, 0.29) is 12.2 Å². The van der Waals surface area contributed by atoms with E-state index < -0.39 is 6.10 Å². The lowest BCUT2D eigenvalue weighted by atomic mass is 10.2. The van der Waals surface area contributed by atoms with Crippen LogP contribution >= 0.6 is 0 Å². The Labute approximate surface area is 145 Å². The molecular weight excluding hydrogens is 318 g/mol. The third-order valence-electron chi connectivity index (χ3n) is 3.98. The zero-order valence-electron chi connectivity index (χ0n) is 14.1. The lowest BCUT2D eigenvalue weighted by Gasteiger charge is -2.15. The number of aromatic amines is 1. The molecule has 0 bridgehead atoms. The van der Waals surface area contributed by atoms with Crippen LogP contribution < -0.4 is 15.0 Å². The Kier molecular flexibility index (Phi) is 5.36. The van der Waals surface area contributed by atoms with Crippen LogP contribution in [0, 0.1) is 0 Å². The van der Waals surface area contributed by atoms with E-state index >= 15 is 0 Å². The van der Waals surface area contributed by atoms with Crippen LogP contribution in [0.2, 0.25) is 0 Å². The van der Waals surface area contributed by atoms with Crippen LogP contribution in [0.15, 0.2) is 59.4 Å². The van der Waals surface area contributed by atoms with Crippen molar-refractivity contribution >= 4 is 10.9 Å². The van der Waals surface area contributed by atoms with E-state index in [0.29, 0.717) is 30.0 Å². The van der Waals surface area contributed by atoms with Gasteiger partial charge in [-0.25, -0.2) is 0 Å². The van der Waals surface area contributed by atoms with Crippen LogP contribution in [-0.2, 0) is 6.61 Å². The van der Waals surface area contributed by atoms with Crippen molar-refractivity contribution in [1.82, 2.24) is 4.98 Å². The summed E-state index contributed by atoms with van der Waals surface area (Å²) in [6, 6.07) is 16.4. The second-order valence-electron chi connectivity index (χ2n) is 5.81. The quantitative estimate of drug-likeness (QED) is 0.693. The predicted octanol–water partition coefficient (Wildman–Crippen LogP) is 3.26. The van der Waals surface area contributed by atoms with Crippen molar-refractivity contribution in [2.45, 2.75) is 26.1 Å². The van der Waals surface area contributed by atoms with Crippen molar-refractivity contribution < 1.29 is 14.6 Å². The molecule has 1 unspecified atom stereocenters. The van der Waals surface area contributed by atoms with Crippen LogP contribution in [0.3, 0.4) is 0 Å². The van der Waals surface area contributed by atoms with Crippen molar-refractivity contribution in [3.05, 3.63) is 70.5 Å². The topological polar surface area (TPSA) is 71.5 Å². The van der Waals surface area contributed by atoms with Gasteiger partial charge in [0.15, 0.2) is 0 Å². The molecule has 0 aliphatic heterocycles. The molecule has 0 aliphatic carbocycles. The number of benzene rings is 2. The molecule has 0 aliphatic rings. The van der Waals surface area contributed by atoms with E-state index in [1.165, 1.54) is 6.07 Å². The van der Waals surface area contributed by atoms with Crippen molar-refractivity contribution in [3.63, 3.8) is 0 Å². The molecule has 0 fully saturated rings. The number of para-hydroxylation sites is 2. The maximum atomic E-state index is 11.6. The Morgan fingerprint density at radius 1 is 1.00 bits per heavy atom. The molecule has 0 amide bonds. The molecule has 2 aromatic carbocycles. The first kappa shape index (κ1) is 17.0. The zero-order valence-corrected chi connectivity index (χ0v) is 14.1. The summed E-state index contributed by atoms with van der Waals surface area (Å²) in [5.41, 5.74) is 1.39. The molecule has 0 radical (unpaired) electrons. The molecule has 1 aromatic heterocycles. The maximum Gasteiger partial charge on any atom is 0.248 e. The largest absolute Gasteiger partial charge is 0.490 e. The summed E-state index contributed by atoms with van der Waals surface area (Å²) in [4.78, 5) is 14.4. The van der Waals surface area contributed by atoms with E-state index in [0.717, 1.165) is 10.9 Å². The molecule has 2 N–H and O–H groups in total. The van der Waals surface area contributed by atoms with Gasteiger partial charge in [-0.1, -0.05) is 37.3 Å². The molecule has 3 rings (SSSR count). The third kappa shape index (κ3) is 4.19. The third-order valence-corrected chi connectivity index (χ3v) is 3.98. The normalized spacial score (nSPS) is 12.1. The number of fused-ring (bicyclic) bond motifs is 1. The Hall–Kier alpha value is -2.79. The van der Waals surface area contributed by atoms with Crippen LogP contribution in [0.1, 0.15) is 18.9 Å². The molecule has 0 spiro atoms. The number of rotatable bonds is 7. The number of hydrogen-bond acceptors (Lipinski definition) is 4.